The number of hydrogen-bond acceptors (Lipinski definition) is 6. The van der Waals surface area contributed by atoms with Gasteiger partial charge >= 0.3 is 11.9 Å². The van der Waals surface area contributed by atoms with Crippen LogP contribution in [-0.4, -0.2) is 50.1 Å². The molecule has 0 aromatic heterocycles. The smallest absolute Gasteiger partial charge is 0.334 e. The minimum Gasteiger partial charge on any atom is -0.464 e. The zero-order valence-electron chi connectivity index (χ0n) is 12.5. The van der Waals surface area contributed by atoms with E-state index in [4.69, 9.17) is 5.11 Å². The van der Waals surface area contributed by atoms with Gasteiger partial charge in [-0.25, -0.2) is 4.79 Å². The van der Waals surface area contributed by atoms with Gasteiger partial charge in [0.15, 0.2) is 0 Å². The molecule has 0 amide bonds. The largest absolute Gasteiger partial charge is 0.464 e. The van der Waals surface area contributed by atoms with E-state index in [1.54, 1.807) is 20.1 Å². The number of aliphatic hydroxyl groups excluding tert-OH is 1. The fraction of sp³-hybridized carbons (Fsp3) is 0.692. The van der Waals surface area contributed by atoms with E-state index in [0.717, 1.165) is 0 Å². The quantitative estimate of drug-likeness (QED) is 0.464. The third-order valence-electron chi connectivity index (χ3n) is 1.22. The predicted octanol–water partition coefficient (Wildman–Crippen LogP) is 1.32. The summed E-state index contributed by atoms with van der Waals surface area (Å²) in [6.45, 7) is 10.8. The molecule has 0 rings (SSSR count). The van der Waals surface area contributed by atoms with E-state index < -0.39 is 12.1 Å². The second kappa shape index (κ2) is 19.0. The lowest BCUT2D eigenvalue weighted by Crippen LogP contribution is -2.18. The van der Waals surface area contributed by atoms with Crippen LogP contribution in [-0.2, 0) is 23.8 Å². The van der Waals surface area contributed by atoms with Gasteiger partial charge < -0.3 is 19.3 Å². The van der Waals surface area contributed by atoms with Gasteiger partial charge in [0.1, 0.15) is 12.7 Å². The Kier molecular flexibility index (Phi) is 22.7. The molecule has 6 nitrogen and oxygen atoms in total. The van der Waals surface area contributed by atoms with Crippen LogP contribution in [0.3, 0.4) is 0 Å². The molecule has 0 spiro atoms. The van der Waals surface area contributed by atoms with Crippen LogP contribution < -0.4 is 0 Å². The molecular formula is C13H26O6. The summed E-state index contributed by atoms with van der Waals surface area (Å²) in [7, 11) is 1.56. The second-order valence-corrected chi connectivity index (χ2v) is 3.17. The number of ether oxygens (including phenoxy) is 3. The van der Waals surface area contributed by atoms with Crippen LogP contribution >= 0.6 is 0 Å². The van der Waals surface area contributed by atoms with Crippen LogP contribution in [0.5, 0.6) is 0 Å². The average Bonchev–Trinajstić information content (AvgIpc) is 2.31. The standard InChI is InChI=1S/2C5H10O3.C3H6/c1-5(6)8-4-3-7-2;1-3-8-5(7)4(2)6;1-3-2/h3-4H2,1-2H3;4,6H,3H2,1-2H3;3H,1H2,2H3. The first kappa shape index (κ1) is 22.8. The van der Waals surface area contributed by atoms with Crippen LogP contribution in [0.15, 0.2) is 12.7 Å². The third kappa shape index (κ3) is 31.5. The molecule has 19 heavy (non-hydrogen) atoms. The first-order valence-corrected chi connectivity index (χ1v) is 5.91. The lowest BCUT2D eigenvalue weighted by molar-refractivity contribution is -0.151. The van der Waals surface area contributed by atoms with Crippen LogP contribution in [0.2, 0.25) is 0 Å². The molecule has 0 saturated heterocycles. The highest BCUT2D eigenvalue weighted by Crippen LogP contribution is 1.84. The Hall–Kier alpha value is -1.40. The van der Waals surface area contributed by atoms with Gasteiger partial charge in [0.05, 0.1) is 13.2 Å². The Morgan fingerprint density at radius 1 is 1.32 bits per heavy atom. The molecule has 0 aromatic rings. The molecule has 0 radical (unpaired) electrons. The van der Waals surface area contributed by atoms with Gasteiger partial charge in [-0.3, -0.25) is 4.79 Å². The van der Waals surface area contributed by atoms with E-state index in [1.165, 1.54) is 13.8 Å². The van der Waals surface area contributed by atoms with E-state index in [-0.39, 0.29) is 5.97 Å². The number of methoxy groups -OCH3 is 1. The maximum Gasteiger partial charge on any atom is 0.334 e. The first-order valence-electron chi connectivity index (χ1n) is 5.91. The minimum atomic E-state index is -0.991. The molecule has 1 N–H and O–H groups in total. The Morgan fingerprint density at radius 2 is 1.79 bits per heavy atom. The number of rotatable bonds is 5. The van der Waals surface area contributed by atoms with Crippen molar-refractivity contribution in [1.82, 2.24) is 0 Å². The summed E-state index contributed by atoms with van der Waals surface area (Å²) >= 11 is 0. The van der Waals surface area contributed by atoms with Gasteiger partial charge in [0.2, 0.25) is 0 Å². The molecule has 1 unspecified atom stereocenters. The molecule has 0 aliphatic heterocycles. The zero-order valence-corrected chi connectivity index (χ0v) is 12.5. The number of esters is 2. The monoisotopic (exact) mass is 278 g/mol. The van der Waals surface area contributed by atoms with Gasteiger partial charge in [-0.1, -0.05) is 6.08 Å². The van der Waals surface area contributed by atoms with Crippen molar-refractivity contribution in [3.05, 3.63) is 12.7 Å². The molecule has 0 aliphatic rings. The molecule has 0 fully saturated rings. The van der Waals surface area contributed by atoms with Crippen LogP contribution in [0, 0.1) is 0 Å². The van der Waals surface area contributed by atoms with Gasteiger partial charge in [-0.2, -0.15) is 0 Å². The number of carbonyl (C=O) groups is 2. The molecule has 0 aliphatic carbocycles. The molecule has 0 aromatic carbocycles. The molecular weight excluding hydrogens is 252 g/mol. The van der Waals surface area contributed by atoms with Crippen molar-refractivity contribution in [2.45, 2.75) is 33.8 Å². The fourth-order valence-electron chi connectivity index (χ4n) is 0.532. The van der Waals surface area contributed by atoms with E-state index in [9.17, 15) is 9.59 Å². The average molecular weight is 278 g/mol. The van der Waals surface area contributed by atoms with Crippen molar-refractivity contribution in [3.8, 4) is 0 Å². The van der Waals surface area contributed by atoms with Crippen LogP contribution in [0.1, 0.15) is 27.7 Å². The summed E-state index contributed by atoms with van der Waals surface area (Å²) in [5.74, 6) is -0.824. The summed E-state index contributed by atoms with van der Waals surface area (Å²) in [4.78, 5) is 20.3. The molecule has 0 bridgehead atoms. The topological polar surface area (TPSA) is 82.1 Å². The minimum absolute atomic E-state index is 0.262. The number of hydrogen-bond donors (Lipinski definition) is 1. The van der Waals surface area contributed by atoms with Crippen LogP contribution in [0.25, 0.3) is 0 Å². The Labute approximate surface area is 115 Å². The Morgan fingerprint density at radius 3 is 2.00 bits per heavy atom. The van der Waals surface area contributed by atoms with Crippen molar-refractivity contribution in [2.24, 2.45) is 0 Å². The van der Waals surface area contributed by atoms with Crippen molar-refractivity contribution < 1.29 is 28.9 Å². The number of carbonyl (C=O) groups excluding carboxylic acids is 2. The highest BCUT2D eigenvalue weighted by molar-refractivity contribution is 5.73. The number of aliphatic hydroxyl groups is 1. The van der Waals surface area contributed by atoms with Crippen molar-refractivity contribution in [2.75, 3.05) is 26.9 Å². The summed E-state index contributed by atoms with van der Waals surface area (Å²) < 4.78 is 13.5. The maximum absolute atomic E-state index is 10.3. The zero-order chi connectivity index (χ0) is 15.7. The van der Waals surface area contributed by atoms with Crippen molar-refractivity contribution in [1.29, 1.82) is 0 Å². The third-order valence-corrected chi connectivity index (χ3v) is 1.22. The van der Waals surface area contributed by atoms with E-state index in [1.807, 2.05) is 6.92 Å². The summed E-state index contributed by atoms with van der Waals surface area (Å²) in [5, 5.41) is 8.48. The van der Waals surface area contributed by atoms with E-state index >= 15 is 0 Å². The Balaban J connectivity index is -0.000000224. The SMILES string of the molecule is C=CC.CCOC(=O)C(C)O.COCCOC(C)=O. The molecule has 114 valence electrons. The summed E-state index contributed by atoms with van der Waals surface area (Å²) in [5.41, 5.74) is 0. The van der Waals surface area contributed by atoms with Crippen molar-refractivity contribution in [3.63, 3.8) is 0 Å². The van der Waals surface area contributed by atoms with E-state index in [0.29, 0.717) is 19.8 Å². The van der Waals surface area contributed by atoms with E-state index in [2.05, 4.69) is 20.8 Å². The maximum atomic E-state index is 10.3. The highest BCUT2D eigenvalue weighted by atomic mass is 16.6. The molecule has 0 heterocycles. The van der Waals surface area contributed by atoms with Gasteiger partial charge in [0.25, 0.3) is 0 Å². The van der Waals surface area contributed by atoms with Gasteiger partial charge in [-0.15, -0.1) is 6.58 Å². The van der Waals surface area contributed by atoms with Crippen molar-refractivity contribution >= 4 is 11.9 Å². The fourth-order valence-corrected chi connectivity index (χ4v) is 0.532. The molecule has 0 saturated carbocycles. The lowest BCUT2D eigenvalue weighted by Gasteiger charge is -2.01. The first-order chi connectivity index (χ1) is 8.87. The summed E-state index contributed by atoms with van der Waals surface area (Å²) in [6.07, 6.45) is 0.759. The second-order valence-electron chi connectivity index (χ2n) is 3.17. The number of allylic oxidation sites excluding steroid dienone is 1. The Bertz CT molecular complexity index is 225. The van der Waals surface area contributed by atoms with Crippen LogP contribution in [0.4, 0.5) is 0 Å². The molecule has 1 atom stereocenters. The normalized spacial score (nSPS) is 9.79. The highest BCUT2D eigenvalue weighted by Gasteiger charge is 2.07. The lowest BCUT2D eigenvalue weighted by atomic mass is 10.4. The molecule has 6 heteroatoms. The van der Waals surface area contributed by atoms with Gasteiger partial charge in [0, 0.05) is 14.0 Å². The van der Waals surface area contributed by atoms with Gasteiger partial charge in [-0.05, 0) is 20.8 Å². The summed E-state index contributed by atoms with van der Waals surface area (Å²) in [6, 6.07) is 0. The predicted molar refractivity (Wildman–Crippen MR) is 72.7 cm³/mol.